The first-order valence-corrected chi connectivity index (χ1v) is 5.22. The number of rotatable bonds is 2. The second-order valence-corrected chi connectivity index (χ2v) is 3.83. The molecule has 5 heteroatoms. The first-order valence-electron chi connectivity index (χ1n) is 5.22. The Morgan fingerprint density at radius 1 is 1.35 bits per heavy atom. The highest BCUT2D eigenvalue weighted by Gasteiger charge is 2.08. The van der Waals surface area contributed by atoms with E-state index in [1.54, 1.807) is 10.6 Å². The Labute approximate surface area is 97.1 Å². The predicted molar refractivity (Wildman–Crippen MR) is 62.9 cm³/mol. The van der Waals surface area contributed by atoms with Crippen molar-refractivity contribution in [3.63, 3.8) is 0 Å². The summed E-state index contributed by atoms with van der Waals surface area (Å²) in [7, 11) is 0. The van der Waals surface area contributed by atoms with Gasteiger partial charge in [0, 0.05) is 23.5 Å². The van der Waals surface area contributed by atoms with Crippen molar-refractivity contribution in [3.8, 4) is 11.1 Å². The maximum Gasteiger partial charge on any atom is 0.168 e. The van der Waals surface area contributed by atoms with Crippen LogP contribution >= 0.6 is 0 Å². The van der Waals surface area contributed by atoms with Crippen LogP contribution in [0.4, 0.5) is 0 Å². The monoisotopic (exact) mass is 226 g/mol. The van der Waals surface area contributed by atoms with E-state index in [9.17, 15) is 4.79 Å². The van der Waals surface area contributed by atoms with Gasteiger partial charge in [0.15, 0.2) is 6.29 Å². The average Bonchev–Trinajstić information content (AvgIpc) is 2.93. The predicted octanol–water partition coefficient (Wildman–Crippen LogP) is 1.85. The molecule has 0 bridgehead atoms. The summed E-state index contributed by atoms with van der Waals surface area (Å²) in [4.78, 5) is 15.3. The lowest BCUT2D eigenvalue weighted by atomic mass is 10.2. The number of carbonyl (C=O) groups excluding carboxylic acids is 1. The number of hydrogen-bond acceptors (Lipinski definition) is 3. The van der Waals surface area contributed by atoms with Gasteiger partial charge in [0.05, 0.1) is 11.9 Å². The molecule has 0 amide bonds. The number of hydrogen-bond donors (Lipinski definition) is 1. The first kappa shape index (κ1) is 9.77. The lowest BCUT2D eigenvalue weighted by molar-refractivity contribution is 0.111. The zero-order valence-corrected chi connectivity index (χ0v) is 9.21. The fourth-order valence-corrected chi connectivity index (χ4v) is 1.90. The number of aromatic amines is 1. The molecule has 3 aromatic rings. The van der Waals surface area contributed by atoms with Gasteiger partial charge in [-0.3, -0.25) is 14.3 Å². The summed E-state index contributed by atoms with van der Waals surface area (Å²) < 4.78 is 1.80. The lowest BCUT2D eigenvalue weighted by Gasteiger charge is -2.00. The number of fused-ring (bicyclic) bond motifs is 1. The van der Waals surface area contributed by atoms with E-state index in [1.807, 2.05) is 31.5 Å². The van der Waals surface area contributed by atoms with Crippen molar-refractivity contribution in [2.24, 2.45) is 0 Å². The molecular weight excluding hydrogens is 216 g/mol. The molecular formula is C12H10N4O. The SMILES string of the molecule is Cc1nc2ccc(-c3cn[nH]c3)cn2c1C=O. The number of H-pyrrole nitrogens is 1. The minimum atomic E-state index is 0.588. The molecule has 0 radical (unpaired) electrons. The maximum absolute atomic E-state index is 11.0. The average molecular weight is 226 g/mol. The Balaban J connectivity index is 2.28. The van der Waals surface area contributed by atoms with Gasteiger partial charge in [-0.15, -0.1) is 0 Å². The summed E-state index contributed by atoms with van der Waals surface area (Å²) in [6.07, 6.45) is 6.27. The number of aldehydes is 1. The van der Waals surface area contributed by atoms with E-state index < -0.39 is 0 Å². The topological polar surface area (TPSA) is 63.1 Å². The van der Waals surface area contributed by atoms with E-state index in [2.05, 4.69) is 15.2 Å². The van der Waals surface area contributed by atoms with Gasteiger partial charge in [-0.05, 0) is 19.1 Å². The van der Waals surface area contributed by atoms with E-state index in [4.69, 9.17) is 0 Å². The molecule has 0 saturated heterocycles. The molecule has 0 aromatic carbocycles. The Bertz CT molecular complexity index is 682. The summed E-state index contributed by atoms with van der Waals surface area (Å²) in [5, 5.41) is 6.67. The molecule has 1 N–H and O–H groups in total. The van der Waals surface area contributed by atoms with Crippen LogP contribution < -0.4 is 0 Å². The Morgan fingerprint density at radius 3 is 2.94 bits per heavy atom. The van der Waals surface area contributed by atoms with Crippen LogP contribution in [0.2, 0.25) is 0 Å². The van der Waals surface area contributed by atoms with E-state index in [0.29, 0.717) is 5.69 Å². The van der Waals surface area contributed by atoms with Crippen LogP contribution in [0.25, 0.3) is 16.8 Å². The van der Waals surface area contributed by atoms with Crippen LogP contribution in [0.5, 0.6) is 0 Å². The van der Waals surface area contributed by atoms with Crippen molar-refractivity contribution in [2.75, 3.05) is 0 Å². The van der Waals surface area contributed by atoms with Gasteiger partial charge in [-0.1, -0.05) is 0 Å². The van der Waals surface area contributed by atoms with Crippen molar-refractivity contribution in [3.05, 3.63) is 42.1 Å². The minimum Gasteiger partial charge on any atom is -0.296 e. The van der Waals surface area contributed by atoms with Gasteiger partial charge >= 0.3 is 0 Å². The van der Waals surface area contributed by atoms with Gasteiger partial charge in [0.2, 0.25) is 0 Å². The fourth-order valence-electron chi connectivity index (χ4n) is 1.90. The Morgan fingerprint density at radius 2 is 2.24 bits per heavy atom. The molecule has 5 nitrogen and oxygen atoms in total. The third kappa shape index (κ3) is 1.44. The molecule has 0 atom stereocenters. The third-order valence-corrected chi connectivity index (χ3v) is 2.78. The van der Waals surface area contributed by atoms with Gasteiger partial charge in [-0.2, -0.15) is 5.10 Å². The van der Waals surface area contributed by atoms with Crippen molar-refractivity contribution in [1.82, 2.24) is 19.6 Å². The van der Waals surface area contributed by atoms with Crippen LogP contribution in [0.3, 0.4) is 0 Å². The molecule has 0 spiro atoms. The second-order valence-electron chi connectivity index (χ2n) is 3.83. The van der Waals surface area contributed by atoms with Gasteiger partial charge in [0.25, 0.3) is 0 Å². The molecule has 3 rings (SSSR count). The smallest absolute Gasteiger partial charge is 0.168 e. The molecule has 0 fully saturated rings. The molecule has 0 unspecified atom stereocenters. The Hall–Kier alpha value is -2.43. The van der Waals surface area contributed by atoms with Crippen LogP contribution in [0.15, 0.2) is 30.7 Å². The van der Waals surface area contributed by atoms with E-state index in [-0.39, 0.29) is 0 Å². The number of carbonyl (C=O) groups is 1. The molecule has 3 heterocycles. The minimum absolute atomic E-state index is 0.588. The van der Waals surface area contributed by atoms with Crippen molar-refractivity contribution in [2.45, 2.75) is 6.92 Å². The molecule has 84 valence electrons. The highest BCUT2D eigenvalue weighted by Crippen LogP contribution is 2.20. The number of aromatic nitrogens is 4. The first-order chi connectivity index (χ1) is 8.29. The normalized spacial score (nSPS) is 10.9. The lowest BCUT2D eigenvalue weighted by Crippen LogP contribution is -1.92. The van der Waals surface area contributed by atoms with E-state index in [1.165, 1.54) is 0 Å². The van der Waals surface area contributed by atoms with Crippen molar-refractivity contribution >= 4 is 11.9 Å². The third-order valence-electron chi connectivity index (χ3n) is 2.78. The highest BCUT2D eigenvalue weighted by atomic mass is 16.1. The maximum atomic E-state index is 11.0. The quantitative estimate of drug-likeness (QED) is 0.678. The zero-order valence-electron chi connectivity index (χ0n) is 9.21. The molecule has 0 aliphatic heterocycles. The fraction of sp³-hybridized carbons (Fsp3) is 0.0833. The molecule has 0 saturated carbocycles. The number of aryl methyl sites for hydroxylation is 1. The number of nitrogens with one attached hydrogen (secondary N) is 1. The van der Waals surface area contributed by atoms with Crippen LogP contribution in [0, 0.1) is 6.92 Å². The number of nitrogens with zero attached hydrogens (tertiary/aromatic N) is 3. The van der Waals surface area contributed by atoms with Crippen LogP contribution in [0.1, 0.15) is 16.2 Å². The van der Waals surface area contributed by atoms with E-state index in [0.717, 1.165) is 28.8 Å². The van der Waals surface area contributed by atoms with E-state index >= 15 is 0 Å². The summed E-state index contributed by atoms with van der Waals surface area (Å²) in [6, 6.07) is 3.85. The summed E-state index contributed by atoms with van der Waals surface area (Å²) in [5.41, 5.74) is 4.08. The number of pyridine rings is 1. The van der Waals surface area contributed by atoms with Gasteiger partial charge < -0.3 is 0 Å². The van der Waals surface area contributed by atoms with Crippen LogP contribution in [-0.2, 0) is 0 Å². The standard InChI is InChI=1S/C12H10N4O/c1-8-11(7-17)16-6-9(2-3-12(16)15-8)10-4-13-14-5-10/h2-7H,1H3,(H,13,14). The zero-order chi connectivity index (χ0) is 11.8. The van der Waals surface area contributed by atoms with Crippen molar-refractivity contribution in [1.29, 1.82) is 0 Å². The number of imidazole rings is 1. The molecule has 17 heavy (non-hydrogen) atoms. The highest BCUT2D eigenvalue weighted by molar-refractivity contribution is 5.77. The summed E-state index contributed by atoms with van der Waals surface area (Å²) in [5.74, 6) is 0. The largest absolute Gasteiger partial charge is 0.296 e. The molecule has 0 aliphatic rings. The van der Waals surface area contributed by atoms with Crippen LogP contribution in [-0.4, -0.2) is 25.9 Å². The van der Waals surface area contributed by atoms with Gasteiger partial charge in [0.1, 0.15) is 11.3 Å². The Kier molecular flexibility index (Phi) is 2.04. The molecule has 0 aliphatic carbocycles. The summed E-state index contributed by atoms with van der Waals surface area (Å²) >= 11 is 0. The van der Waals surface area contributed by atoms with Crippen molar-refractivity contribution < 1.29 is 4.79 Å². The molecule has 3 aromatic heterocycles. The van der Waals surface area contributed by atoms with Gasteiger partial charge in [-0.25, -0.2) is 4.98 Å². The second kappa shape index (κ2) is 3.55. The summed E-state index contributed by atoms with van der Waals surface area (Å²) in [6.45, 7) is 1.83.